The SMILES string of the molecule is COc1cc(Cl)ccc1C(O)c1cccc(C(F)(F)F)c1. The van der Waals surface area contributed by atoms with Gasteiger partial charge in [0.1, 0.15) is 11.9 Å². The van der Waals surface area contributed by atoms with Gasteiger partial charge in [-0.1, -0.05) is 29.8 Å². The molecular formula is C15H12ClF3O2. The molecule has 0 bridgehead atoms. The number of benzene rings is 2. The summed E-state index contributed by atoms with van der Waals surface area (Å²) in [6, 6.07) is 9.10. The Hall–Kier alpha value is -1.72. The Morgan fingerprint density at radius 3 is 2.48 bits per heavy atom. The predicted octanol–water partition coefficient (Wildman–Crippen LogP) is 4.45. The summed E-state index contributed by atoms with van der Waals surface area (Å²) >= 11 is 5.82. The van der Waals surface area contributed by atoms with Crippen LogP contribution in [-0.4, -0.2) is 12.2 Å². The van der Waals surface area contributed by atoms with Crippen molar-refractivity contribution < 1.29 is 23.0 Å². The van der Waals surface area contributed by atoms with E-state index in [1.165, 1.54) is 37.4 Å². The molecule has 0 aliphatic rings. The Bertz CT molecular complexity index is 641. The van der Waals surface area contributed by atoms with Crippen molar-refractivity contribution in [3.05, 3.63) is 64.2 Å². The minimum atomic E-state index is -4.46. The molecule has 0 aliphatic carbocycles. The molecule has 0 spiro atoms. The highest BCUT2D eigenvalue weighted by Gasteiger charge is 2.31. The van der Waals surface area contributed by atoms with E-state index < -0.39 is 17.8 Å². The third-order valence-electron chi connectivity index (χ3n) is 3.02. The lowest BCUT2D eigenvalue weighted by Crippen LogP contribution is -2.08. The molecule has 0 fully saturated rings. The van der Waals surface area contributed by atoms with E-state index in [9.17, 15) is 18.3 Å². The molecule has 2 aromatic rings. The van der Waals surface area contributed by atoms with Gasteiger partial charge >= 0.3 is 6.18 Å². The first-order chi connectivity index (χ1) is 9.82. The highest BCUT2D eigenvalue weighted by Crippen LogP contribution is 2.35. The first-order valence-corrected chi connectivity index (χ1v) is 6.39. The van der Waals surface area contributed by atoms with E-state index >= 15 is 0 Å². The van der Waals surface area contributed by atoms with Crippen LogP contribution in [-0.2, 0) is 6.18 Å². The average Bonchev–Trinajstić information content (AvgIpc) is 2.45. The minimum absolute atomic E-state index is 0.130. The van der Waals surface area contributed by atoms with Crippen molar-refractivity contribution in [2.24, 2.45) is 0 Å². The summed E-state index contributed by atoms with van der Waals surface area (Å²) in [7, 11) is 1.40. The van der Waals surface area contributed by atoms with Gasteiger partial charge in [0.15, 0.2) is 0 Å². The van der Waals surface area contributed by atoms with Crippen molar-refractivity contribution >= 4 is 11.6 Å². The molecule has 0 heterocycles. The molecule has 0 aliphatic heterocycles. The number of ether oxygens (including phenoxy) is 1. The van der Waals surface area contributed by atoms with Crippen LogP contribution in [0.1, 0.15) is 22.8 Å². The van der Waals surface area contributed by atoms with E-state index in [1.54, 1.807) is 0 Å². The standard InChI is InChI=1S/C15H12ClF3O2/c1-21-13-8-11(16)5-6-12(13)14(20)9-3-2-4-10(7-9)15(17,18)19/h2-8,14,20H,1H3. The van der Waals surface area contributed by atoms with Gasteiger partial charge < -0.3 is 9.84 Å². The molecule has 0 saturated carbocycles. The third-order valence-corrected chi connectivity index (χ3v) is 3.25. The molecule has 1 atom stereocenters. The van der Waals surface area contributed by atoms with E-state index in [-0.39, 0.29) is 5.56 Å². The summed E-state index contributed by atoms with van der Waals surface area (Å²) in [5.74, 6) is 0.312. The van der Waals surface area contributed by atoms with Crippen LogP contribution in [0.25, 0.3) is 0 Å². The maximum Gasteiger partial charge on any atom is 0.416 e. The normalized spacial score (nSPS) is 13.0. The maximum atomic E-state index is 12.7. The van der Waals surface area contributed by atoms with Crippen molar-refractivity contribution in [2.45, 2.75) is 12.3 Å². The third kappa shape index (κ3) is 3.49. The summed E-state index contributed by atoms with van der Waals surface area (Å²) in [4.78, 5) is 0. The fraction of sp³-hybridized carbons (Fsp3) is 0.200. The summed E-state index contributed by atoms with van der Waals surface area (Å²) in [5.41, 5.74) is -0.335. The summed E-state index contributed by atoms with van der Waals surface area (Å²) in [6.07, 6.45) is -5.70. The van der Waals surface area contributed by atoms with Crippen LogP contribution in [0.15, 0.2) is 42.5 Å². The van der Waals surface area contributed by atoms with Gasteiger partial charge in [-0.15, -0.1) is 0 Å². The molecule has 2 nitrogen and oxygen atoms in total. The number of hydrogen-bond donors (Lipinski definition) is 1. The number of aliphatic hydroxyl groups excluding tert-OH is 1. The minimum Gasteiger partial charge on any atom is -0.496 e. The fourth-order valence-corrected chi connectivity index (χ4v) is 2.14. The molecule has 2 rings (SSSR count). The van der Waals surface area contributed by atoms with Crippen molar-refractivity contribution in [3.63, 3.8) is 0 Å². The molecule has 1 unspecified atom stereocenters. The van der Waals surface area contributed by atoms with Crippen molar-refractivity contribution in [1.82, 2.24) is 0 Å². The molecule has 6 heteroatoms. The maximum absolute atomic E-state index is 12.7. The number of aliphatic hydroxyl groups is 1. The van der Waals surface area contributed by atoms with Crippen LogP contribution in [0, 0.1) is 0 Å². The molecule has 112 valence electrons. The fourth-order valence-electron chi connectivity index (χ4n) is 1.98. The lowest BCUT2D eigenvalue weighted by atomic mass is 9.99. The van der Waals surface area contributed by atoms with Crippen LogP contribution in [0.5, 0.6) is 5.75 Å². The van der Waals surface area contributed by atoms with E-state index in [2.05, 4.69) is 0 Å². The van der Waals surface area contributed by atoms with Gasteiger partial charge in [0, 0.05) is 10.6 Å². The van der Waals surface area contributed by atoms with Gasteiger partial charge in [-0.25, -0.2) is 0 Å². The van der Waals surface area contributed by atoms with E-state index in [0.717, 1.165) is 12.1 Å². The second-order valence-corrected chi connectivity index (χ2v) is 4.85. The molecular weight excluding hydrogens is 305 g/mol. The van der Waals surface area contributed by atoms with Crippen molar-refractivity contribution in [2.75, 3.05) is 7.11 Å². The number of hydrogen-bond acceptors (Lipinski definition) is 2. The van der Waals surface area contributed by atoms with Gasteiger partial charge in [-0.05, 0) is 29.8 Å². The van der Waals surface area contributed by atoms with Crippen LogP contribution in [0.3, 0.4) is 0 Å². The zero-order valence-electron chi connectivity index (χ0n) is 11.0. The molecule has 0 amide bonds. The molecule has 0 radical (unpaired) electrons. The predicted molar refractivity (Wildman–Crippen MR) is 73.5 cm³/mol. The van der Waals surface area contributed by atoms with Crippen LogP contribution >= 0.6 is 11.6 Å². The summed E-state index contributed by atoms with van der Waals surface area (Å²) < 4.78 is 43.2. The second-order valence-electron chi connectivity index (χ2n) is 4.41. The quantitative estimate of drug-likeness (QED) is 0.906. The lowest BCUT2D eigenvalue weighted by Gasteiger charge is -2.17. The number of halogens is 4. The smallest absolute Gasteiger partial charge is 0.416 e. The highest BCUT2D eigenvalue weighted by atomic mass is 35.5. The Kier molecular flexibility index (Phi) is 4.44. The van der Waals surface area contributed by atoms with Gasteiger partial charge in [0.05, 0.1) is 12.7 Å². The van der Waals surface area contributed by atoms with Gasteiger partial charge in [-0.3, -0.25) is 0 Å². The van der Waals surface area contributed by atoms with Crippen LogP contribution in [0.2, 0.25) is 5.02 Å². The zero-order chi connectivity index (χ0) is 15.6. The van der Waals surface area contributed by atoms with Crippen LogP contribution < -0.4 is 4.74 Å². The zero-order valence-corrected chi connectivity index (χ0v) is 11.7. The Balaban J connectivity index is 2.43. The topological polar surface area (TPSA) is 29.5 Å². The Morgan fingerprint density at radius 2 is 1.86 bits per heavy atom. The Morgan fingerprint density at radius 1 is 1.14 bits per heavy atom. The van der Waals surface area contributed by atoms with Gasteiger partial charge in [-0.2, -0.15) is 13.2 Å². The first-order valence-electron chi connectivity index (χ1n) is 6.01. The lowest BCUT2D eigenvalue weighted by molar-refractivity contribution is -0.137. The largest absolute Gasteiger partial charge is 0.496 e. The number of methoxy groups -OCH3 is 1. The molecule has 2 aromatic carbocycles. The van der Waals surface area contributed by atoms with Crippen LogP contribution in [0.4, 0.5) is 13.2 Å². The average molecular weight is 317 g/mol. The van der Waals surface area contributed by atoms with Crippen molar-refractivity contribution in [3.8, 4) is 5.75 Å². The second kappa shape index (κ2) is 5.95. The van der Waals surface area contributed by atoms with Crippen molar-refractivity contribution in [1.29, 1.82) is 0 Å². The number of rotatable bonds is 3. The monoisotopic (exact) mass is 316 g/mol. The highest BCUT2D eigenvalue weighted by molar-refractivity contribution is 6.30. The number of alkyl halides is 3. The van der Waals surface area contributed by atoms with E-state index in [4.69, 9.17) is 16.3 Å². The van der Waals surface area contributed by atoms with E-state index in [0.29, 0.717) is 16.3 Å². The molecule has 1 N–H and O–H groups in total. The Labute approximate surface area is 124 Å². The summed E-state index contributed by atoms with van der Waals surface area (Å²) in [5, 5.41) is 10.7. The van der Waals surface area contributed by atoms with Gasteiger partial charge in [0.25, 0.3) is 0 Å². The molecule has 0 aromatic heterocycles. The molecule has 21 heavy (non-hydrogen) atoms. The molecule has 0 saturated heterocycles. The first kappa shape index (κ1) is 15.7. The van der Waals surface area contributed by atoms with Gasteiger partial charge in [0.2, 0.25) is 0 Å². The summed E-state index contributed by atoms with van der Waals surface area (Å²) in [6.45, 7) is 0. The van der Waals surface area contributed by atoms with E-state index in [1.807, 2.05) is 0 Å².